The summed E-state index contributed by atoms with van der Waals surface area (Å²) in [6.07, 6.45) is 6.84. The predicted octanol–water partition coefficient (Wildman–Crippen LogP) is 8.08. The van der Waals surface area contributed by atoms with Gasteiger partial charge in [0.05, 0.1) is 18.7 Å². The highest BCUT2D eigenvalue weighted by Crippen LogP contribution is 2.48. The van der Waals surface area contributed by atoms with E-state index in [1.807, 2.05) is 0 Å². The van der Waals surface area contributed by atoms with Gasteiger partial charge < -0.3 is 0 Å². The molecule has 0 N–H and O–H groups in total. The van der Waals surface area contributed by atoms with Gasteiger partial charge in [0, 0.05) is 44.9 Å². The highest BCUT2D eigenvalue weighted by atomic mass is 79.9. The lowest BCUT2D eigenvalue weighted by molar-refractivity contribution is 1.31. The summed E-state index contributed by atoms with van der Waals surface area (Å²) >= 11 is 18.1. The van der Waals surface area contributed by atoms with Crippen molar-refractivity contribution in [3.8, 4) is 20.9 Å². The Morgan fingerprint density at radius 2 is 0.964 bits per heavy atom. The lowest BCUT2D eigenvalue weighted by atomic mass is 10.1. The molecule has 0 aliphatic rings. The Hall–Kier alpha value is -0.780. The summed E-state index contributed by atoms with van der Waals surface area (Å²) in [6, 6.07) is 4.24. The Balaban J connectivity index is 1.70. The molecule has 0 bridgehead atoms. The third-order valence-corrected chi connectivity index (χ3v) is 9.71. The number of fused-ring (bicyclic) bond motifs is 2. The minimum Gasteiger partial charge on any atom is -0.251 e. The number of hydrogen-bond donors (Lipinski definition) is 0. The number of aromatic nitrogens is 4. The molecule has 5 rings (SSSR count). The molecule has 0 aliphatic heterocycles. The maximum absolute atomic E-state index is 4.44. The van der Waals surface area contributed by atoms with Crippen LogP contribution in [-0.2, 0) is 0 Å². The number of benzene rings is 1. The van der Waals surface area contributed by atoms with Crippen molar-refractivity contribution in [3.05, 3.63) is 54.8 Å². The van der Waals surface area contributed by atoms with Crippen molar-refractivity contribution in [1.29, 1.82) is 0 Å². The SMILES string of the molecule is Brc1cc(-c2sc3nccnc3c2Br)c(Br)cc1-c1sc2nccnc2c1Br. The highest BCUT2D eigenvalue weighted by Gasteiger charge is 2.20. The summed E-state index contributed by atoms with van der Waals surface area (Å²) in [6.45, 7) is 0. The molecule has 0 saturated heterocycles. The minimum absolute atomic E-state index is 0.874. The van der Waals surface area contributed by atoms with Crippen molar-refractivity contribution < 1.29 is 0 Å². The lowest BCUT2D eigenvalue weighted by Crippen LogP contribution is -1.84. The van der Waals surface area contributed by atoms with Crippen LogP contribution in [-0.4, -0.2) is 19.9 Å². The van der Waals surface area contributed by atoms with Crippen molar-refractivity contribution >= 4 is 107 Å². The third-order valence-electron chi connectivity index (χ3n) is 4.09. The van der Waals surface area contributed by atoms with Gasteiger partial charge in [0.25, 0.3) is 0 Å². The van der Waals surface area contributed by atoms with E-state index in [0.29, 0.717) is 0 Å². The van der Waals surface area contributed by atoms with Crippen molar-refractivity contribution in [2.24, 2.45) is 0 Å². The molecule has 4 nitrogen and oxygen atoms in total. The topological polar surface area (TPSA) is 51.6 Å². The number of rotatable bonds is 2. The first-order chi connectivity index (χ1) is 13.5. The molecular formula is C18H6Br4N4S2. The van der Waals surface area contributed by atoms with Gasteiger partial charge in [-0.25, -0.2) is 9.97 Å². The van der Waals surface area contributed by atoms with Crippen LogP contribution < -0.4 is 0 Å². The van der Waals surface area contributed by atoms with Gasteiger partial charge in [-0.05, 0) is 44.0 Å². The van der Waals surface area contributed by atoms with Gasteiger partial charge in [0.15, 0.2) is 0 Å². The van der Waals surface area contributed by atoms with Gasteiger partial charge in [0.1, 0.15) is 20.7 Å². The zero-order chi connectivity index (χ0) is 19.4. The average molecular weight is 662 g/mol. The van der Waals surface area contributed by atoms with Crippen LogP contribution in [0.2, 0.25) is 0 Å². The minimum atomic E-state index is 0.874. The van der Waals surface area contributed by atoms with E-state index in [2.05, 4.69) is 95.8 Å². The quantitative estimate of drug-likeness (QED) is 0.192. The monoisotopic (exact) mass is 658 g/mol. The molecule has 10 heteroatoms. The summed E-state index contributed by atoms with van der Waals surface area (Å²) in [5, 5.41) is 0. The number of halogens is 4. The summed E-state index contributed by atoms with van der Waals surface area (Å²) in [7, 11) is 0. The molecule has 0 atom stereocenters. The second-order valence-electron chi connectivity index (χ2n) is 5.72. The number of nitrogens with zero attached hydrogens (tertiary/aromatic N) is 4. The van der Waals surface area contributed by atoms with Crippen LogP contribution in [0.15, 0.2) is 54.8 Å². The first-order valence-electron chi connectivity index (χ1n) is 7.82. The fraction of sp³-hybridized carbons (Fsp3) is 0. The van der Waals surface area contributed by atoms with Crippen LogP contribution in [0.25, 0.3) is 41.6 Å². The number of thiophene rings is 2. The average Bonchev–Trinajstić information content (AvgIpc) is 3.21. The molecule has 0 unspecified atom stereocenters. The Morgan fingerprint density at radius 1 is 0.571 bits per heavy atom. The first-order valence-corrected chi connectivity index (χ1v) is 12.6. The molecule has 0 radical (unpaired) electrons. The molecule has 138 valence electrons. The maximum Gasteiger partial charge on any atom is 0.143 e. The molecular weight excluding hydrogens is 656 g/mol. The van der Waals surface area contributed by atoms with Crippen molar-refractivity contribution in [2.75, 3.05) is 0 Å². The molecule has 4 heterocycles. The van der Waals surface area contributed by atoms with E-state index in [1.54, 1.807) is 47.5 Å². The number of hydrogen-bond acceptors (Lipinski definition) is 6. The van der Waals surface area contributed by atoms with Crippen LogP contribution in [0, 0.1) is 0 Å². The van der Waals surface area contributed by atoms with Gasteiger partial charge >= 0.3 is 0 Å². The summed E-state index contributed by atoms with van der Waals surface area (Å²) < 4.78 is 3.89. The van der Waals surface area contributed by atoms with Crippen LogP contribution in [0.4, 0.5) is 0 Å². The Morgan fingerprint density at radius 3 is 1.36 bits per heavy atom. The van der Waals surface area contributed by atoms with Gasteiger partial charge in [-0.3, -0.25) is 9.97 Å². The molecule has 0 spiro atoms. The Labute approximate surface area is 201 Å². The lowest BCUT2D eigenvalue weighted by Gasteiger charge is -2.09. The molecule has 4 aromatic heterocycles. The van der Waals surface area contributed by atoms with Gasteiger partial charge in [-0.15, -0.1) is 22.7 Å². The largest absolute Gasteiger partial charge is 0.251 e. The zero-order valence-electron chi connectivity index (χ0n) is 13.6. The highest BCUT2D eigenvalue weighted by molar-refractivity contribution is 9.11. The predicted molar refractivity (Wildman–Crippen MR) is 130 cm³/mol. The second kappa shape index (κ2) is 7.48. The molecule has 5 aromatic rings. The molecule has 28 heavy (non-hydrogen) atoms. The van der Waals surface area contributed by atoms with E-state index in [9.17, 15) is 0 Å². The second-order valence-corrected chi connectivity index (χ2v) is 11.0. The van der Waals surface area contributed by atoms with E-state index >= 15 is 0 Å². The molecule has 0 fully saturated rings. The molecule has 0 amide bonds. The van der Waals surface area contributed by atoms with Crippen LogP contribution in [0.5, 0.6) is 0 Å². The van der Waals surface area contributed by atoms with E-state index in [-0.39, 0.29) is 0 Å². The van der Waals surface area contributed by atoms with Crippen molar-refractivity contribution in [3.63, 3.8) is 0 Å². The Bertz CT molecular complexity index is 1270. The van der Waals surface area contributed by atoms with Gasteiger partial charge in [0.2, 0.25) is 0 Å². The molecule has 1 aromatic carbocycles. The smallest absolute Gasteiger partial charge is 0.143 e. The van der Waals surface area contributed by atoms with Crippen LogP contribution in [0.3, 0.4) is 0 Å². The normalized spacial score (nSPS) is 11.6. The first kappa shape index (κ1) is 19.2. The standard InChI is InChI=1S/C18H6Br4N4S2/c19-9-6-8(16-12(22)14-18(28-16)26-4-2-24-14)10(20)5-7(9)15-11(21)13-17(27-15)25-3-1-23-13/h1-6H. The zero-order valence-corrected chi connectivity index (χ0v) is 21.6. The van der Waals surface area contributed by atoms with E-state index in [1.165, 1.54) is 0 Å². The van der Waals surface area contributed by atoms with Gasteiger partial charge in [-0.2, -0.15) is 0 Å². The van der Waals surface area contributed by atoms with Crippen molar-refractivity contribution in [1.82, 2.24) is 19.9 Å². The van der Waals surface area contributed by atoms with E-state index < -0.39 is 0 Å². The summed E-state index contributed by atoms with van der Waals surface area (Å²) in [5.74, 6) is 0. The Kier molecular flexibility index (Phi) is 5.13. The van der Waals surface area contributed by atoms with E-state index in [0.717, 1.165) is 59.5 Å². The van der Waals surface area contributed by atoms with Crippen molar-refractivity contribution in [2.45, 2.75) is 0 Å². The fourth-order valence-corrected chi connectivity index (χ4v) is 7.99. The van der Waals surface area contributed by atoms with E-state index in [4.69, 9.17) is 0 Å². The summed E-state index contributed by atoms with van der Waals surface area (Å²) in [4.78, 5) is 21.7. The molecule has 0 saturated carbocycles. The summed E-state index contributed by atoms with van der Waals surface area (Å²) in [5.41, 5.74) is 3.89. The van der Waals surface area contributed by atoms with Gasteiger partial charge in [-0.1, -0.05) is 31.9 Å². The third kappa shape index (κ3) is 3.09. The van der Waals surface area contributed by atoms with Crippen LogP contribution in [0.1, 0.15) is 0 Å². The maximum atomic E-state index is 4.44. The van der Waals surface area contributed by atoms with Crippen LogP contribution >= 0.6 is 86.4 Å². The fourth-order valence-electron chi connectivity index (χ4n) is 2.84. The molecule has 0 aliphatic carbocycles.